The van der Waals surface area contributed by atoms with Crippen molar-refractivity contribution < 1.29 is 0 Å². The minimum atomic E-state index is 1.05. The third kappa shape index (κ3) is 1.17. The summed E-state index contributed by atoms with van der Waals surface area (Å²) in [5.74, 6) is 0. The summed E-state index contributed by atoms with van der Waals surface area (Å²) < 4.78 is 0. The van der Waals surface area contributed by atoms with Gasteiger partial charge < -0.3 is 0 Å². The molecule has 0 radical (unpaired) electrons. The first-order valence-corrected chi connectivity index (χ1v) is 7.26. The number of hydrogen-bond donors (Lipinski definition) is 0. The summed E-state index contributed by atoms with van der Waals surface area (Å²) in [5, 5.41) is 5.75. The second-order valence-corrected chi connectivity index (χ2v) is 5.72. The van der Waals surface area contributed by atoms with E-state index in [0.717, 1.165) is 12.8 Å². The molecule has 2 aliphatic carbocycles. The topological polar surface area (TPSA) is 0 Å². The number of benzene rings is 3. The molecular formula is C20H14. The van der Waals surface area contributed by atoms with Gasteiger partial charge in [0.25, 0.3) is 0 Å². The summed E-state index contributed by atoms with van der Waals surface area (Å²) in [6, 6.07) is 13.5. The zero-order valence-electron chi connectivity index (χ0n) is 11.2. The highest BCUT2D eigenvalue weighted by Crippen LogP contribution is 2.41. The Balaban J connectivity index is 2.18. The summed E-state index contributed by atoms with van der Waals surface area (Å²) in [5.41, 5.74) is 5.75. The Bertz CT molecular complexity index is 860. The Morgan fingerprint density at radius 2 is 1.10 bits per heavy atom. The van der Waals surface area contributed by atoms with Crippen LogP contribution in [0.25, 0.3) is 33.7 Å². The maximum Gasteiger partial charge on any atom is -0.00638 e. The Morgan fingerprint density at radius 1 is 0.600 bits per heavy atom. The molecule has 0 fully saturated rings. The van der Waals surface area contributed by atoms with Gasteiger partial charge in [-0.05, 0) is 56.6 Å². The van der Waals surface area contributed by atoms with E-state index in [2.05, 4.69) is 60.7 Å². The van der Waals surface area contributed by atoms with Crippen LogP contribution >= 0.6 is 0 Å². The minimum absolute atomic E-state index is 1.05. The zero-order valence-corrected chi connectivity index (χ0v) is 11.2. The summed E-state index contributed by atoms with van der Waals surface area (Å²) in [6.07, 6.45) is 11.3. The molecular weight excluding hydrogens is 240 g/mol. The third-order valence-corrected chi connectivity index (χ3v) is 4.67. The van der Waals surface area contributed by atoms with E-state index in [0.29, 0.717) is 0 Å². The predicted octanol–water partition coefficient (Wildman–Crippen LogP) is 5.13. The number of hydrogen-bond acceptors (Lipinski definition) is 0. The second kappa shape index (κ2) is 3.61. The molecule has 0 aromatic heterocycles. The monoisotopic (exact) mass is 254 g/mol. The Hall–Kier alpha value is -2.34. The molecule has 94 valence electrons. The van der Waals surface area contributed by atoms with Crippen molar-refractivity contribution >= 4 is 33.7 Å². The van der Waals surface area contributed by atoms with E-state index in [1.807, 2.05) is 0 Å². The molecule has 2 aliphatic rings. The van der Waals surface area contributed by atoms with E-state index >= 15 is 0 Å². The van der Waals surface area contributed by atoms with Crippen molar-refractivity contribution in [3.8, 4) is 0 Å². The van der Waals surface area contributed by atoms with Crippen molar-refractivity contribution in [3.63, 3.8) is 0 Å². The van der Waals surface area contributed by atoms with Gasteiger partial charge in [0.15, 0.2) is 0 Å². The lowest BCUT2D eigenvalue weighted by atomic mass is 9.82. The highest BCUT2D eigenvalue weighted by atomic mass is 14.2. The first kappa shape index (κ1) is 10.4. The lowest BCUT2D eigenvalue weighted by Gasteiger charge is -2.21. The highest BCUT2D eigenvalue weighted by Gasteiger charge is 2.18. The van der Waals surface area contributed by atoms with Crippen molar-refractivity contribution in [1.29, 1.82) is 0 Å². The molecule has 0 heteroatoms. The van der Waals surface area contributed by atoms with Crippen LogP contribution in [0.15, 0.2) is 48.6 Å². The van der Waals surface area contributed by atoms with Gasteiger partial charge in [-0.25, -0.2) is 0 Å². The Kier molecular flexibility index (Phi) is 1.88. The fraction of sp³-hybridized carbons (Fsp3) is 0.100. The van der Waals surface area contributed by atoms with Crippen molar-refractivity contribution in [1.82, 2.24) is 0 Å². The smallest absolute Gasteiger partial charge is 0.00638 e. The molecule has 0 aliphatic heterocycles. The summed E-state index contributed by atoms with van der Waals surface area (Å²) in [4.78, 5) is 0. The van der Waals surface area contributed by atoms with Crippen LogP contribution in [0.1, 0.15) is 22.3 Å². The molecule has 0 N–H and O–H groups in total. The van der Waals surface area contributed by atoms with E-state index in [9.17, 15) is 0 Å². The maximum atomic E-state index is 2.32. The molecule has 0 spiro atoms. The molecule has 0 amide bonds. The van der Waals surface area contributed by atoms with Gasteiger partial charge in [0.05, 0.1) is 0 Å². The van der Waals surface area contributed by atoms with Crippen LogP contribution < -0.4 is 0 Å². The summed E-state index contributed by atoms with van der Waals surface area (Å²) in [7, 11) is 0. The lowest BCUT2D eigenvalue weighted by molar-refractivity contribution is 1.28. The number of fused-ring (bicyclic) bond motifs is 2. The van der Waals surface area contributed by atoms with Crippen LogP contribution in [0.5, 0.6) is 0 Å². The van der Waals surface area contributed by atoms with Gasteiger partial charge in [-0.2, -0.15) is 0 Å². The quantitative estimate of drug-likeness (QED) is 0.488. The van der Waals surface area contributed by atoms with Crippen molar-refractivity contribution in [2.75, 3.05) is 0 Å². The van der Waals surface area contributed by atoms with E-state index in [1.165, 1.54) is 43.8 Å². The lowest BCUT2D eigenvalue weighted by Crippen LogP contribution is -2.00. The highest BCUT2D eigenvalue weighted by molar-refractivity contribution is 6.15. The van der Waals surface area contributed by atoms with Gasteiger partial charge in [0.2, 0.25) is 0 Å². The molecule has 3 aromatic carbocycles. The van der Waals surface area contributed by atoms with Gasteiger partial charge in [-0.3, -0.25) is 0 Å². The summed E-state index contributed by atoms with van der Waals surface area (Å²) >= 11 is 0. The third-order valence-electron chi connectivity index (χ3n) is 4.67. The largest absolute Gasteiger partial charge is 0.0795 e. The van der Waals surface area contributed by atoms with E-state index in [1.54, 1.807) is 0 Å². The van der Waals surface area contributed by atoms with Crippen LogP contribution in [0.3, 0.4) is 0 Å². The Morgan fingerprint density at radius 3 is 1.60 bits per heavy atom. The van der Waals surface area contributed by atoms with Crippen LogP contribution in [-0.2, 0) is 12.8 Å². The van der Waals surface area contributed by atoms with Gasteiger partial charge in [-0.15, -0.1) is 0 Å². The summed E-state index contributed by atoms with van der Waals surface area (Å²) in [6.45, 7) is 0. The number of allylic oxidation sites excluding steroid dienone is 2. The standard InChI is InChI=1S/C20H14/c1-5-13-6-2-11-17-18-12-4-8-14-7-3-10-16(20(14)18)15(9-1)19(13)17/h1-5,8-12H,6-7H2. The second-order valence-electron chi connectivity index (χ2n) is 5.72. The average molecular weight is 254 g/mol. The van der Waals surface area contributed by atoms with E-state index in [4.69, 9.17) is 0 Å². The maximum absolute atomic E-state index is 2.32. The first-order valence-electron chi connectivity index (χ1n) is 7.26. The van der Waals surface area contributed by atoms with Crippen LogP contribution in [0.4, 0.5) is 0 Å². The molecule has 5 rings (SSSR count). The van der Waals surface area contributed by atoms with Gasteiger partial charge >= 0.3 is 0 Å². The van der Waals surface area contributed by atoms with Gasteiger partial charge in [0, 0.05) is 0 Å². The van der Waals surface area contributed by atoms with Crippen LogP contribution in [0.2, 0.25) is 0 Å². The van der Waals surface area contributed by atoms with Crippen LogP contribution in [0, 0.1) is 0 Å². The van der Waals surface area contributed by atoms with Crippen LogP contribution in [-0.4, -0.2) is 0 Å². The molecule has 0 bridgehead atoms. The zero-order chi connectivity index (χ0) is 13.1. The molecule has 0 saturated carbocycles. The SMILES string of the molecule is C1=Cc2c3cccc4c3c(c3cccc(c23)C1)C=CC4. The fourth-order valence-electron chi connectivity index (χ4n) is 3.85. The van der Waals surface area contributed by atoms with E-state index in [-0.39, 0.29) is 0 Å². The van der Waals surface area contributed by atoms with Crippen molar-refractivity contribution in [3.05, 3.63) is 70.8 Å². The number of rotatable bonds is 0. The first-order chi connectivity index (χ1) is 9.93. The Labute approximate surface area is 118 Å². The van der Waals surface area contributed by atoms with Gasteiger partial charge in [0.1, 0.15) is 0 Å². The molecule has 20 heavy (non-hydrogen) atoms. The fourth-order valence-corrected chi connectivity index (χ4v) is 3.85. The molecule has 0 nitrogen and oxygen atoms in total. The molecule has 0 atom stereocenters. The molecule has 0 saturated heterocycles. The van der Waals surface area contributed by atoms with Crippen molar-refractivity contribution in [2.45, 2.75) is 12.8 Å². The van der Waals surface area contributed by atoms with Gasteiger partial charge in [-0.1, -0.05) is 60.7 Å². The predicted molar refractivity (Wildman–Crippen MR) is 86.9 cm³/mol. The minimum Gasteiger partial charge on any atom is -0.0795 e. The molecule has 0 heterocycles. The molecule has 0 unspecified atom stereocenters. The van der Waals surface area contributed by atoms with Crippen molar-refractivity contribution in [2.24, 2.45) is 0 Å². The normalized spacial score (nSPS) is 15.2. The average Bonchev–Trinajstić information content (AvgIpc) is 2.52. The van der Waals surface area contributed by atoms with E-state index < -0.39 is 0 Å². The molecule has 3 aromatic rings.